The summed E-state index contributed by atoms with van der Waals surface area (Å²) < 4.78 is 73.4. The Morgan fingerprint density at radius 1 is 1.09 bits per heavy atom. The van der Waals surface area contributed by atoms with E-state index >= 15 is 0 Å². The molecule has 174 valence electrons. The maximum Gasteiger partial charge on any atom is 0.416 e. The molecule has 1 aliphatic rings. The van der Waals surface area contributed by atoms with Crippen molar-refractivity contribution in [2.75, 3.05) is 38.2 Å². The van der Waals surface area contributed by atoms with Gasteiger partial charge < -0.3 is 14.4 Å². The number of ether oxygens (including phenoxy) is 2. The van der Waals surface area contributed by atoms with Gasteiger partial charge in [-0.25, -0.2) is 0 Å². The Labute approximate surface area is 180 Å². The lowest BCUT2D eigenvalue weighted by atomic mass is 10.1. The maximum absolute atomic E-state index is 13.0. The quantitative estimate of drug-likeness (QED) is 0.343. The van der Waals surface area contributed by atoms with Crippen molar-refractivity contribution in [3.05, 3.63) is 57.6 Å². The lowest BCUT2D eigenvalue weighted by Gasteiger charge is -2.36. The first-order valence-electron chi connectivity index (χ1n) is 9.53. The molecule has 2 aromatic rings. The fourth-order valence-electron chi connectivity index (χ4n) is 3.52. The number of hydrogen-bond donors (Lipinski definition) is 0. The minimum Gasteiger partial charge on any atom is -0.493 e. The van der Waals surface area contributed by atoms with Crippen LogP contribution in [0.5, 0.6) is 11.5 Å². The molecule has 0 spiro atoms. The zero-order valence-corrected chi connectivity index (χ0v) is 16.9. The summed E-state index contributed by atoms with van der Waals surface area (Å²) in [6.07, 6.45) is -4.43. The van der Waals surface area contributed by atoms with Gasteiger partial charge in [-0.1, -0.05) is 6.07 Å². The third-order valence-corrected chi connectivity index (χ3v) is 5.08. The molecule has 0 aromatic heterocycles. The van der Waals surface area contributed by atoms with E-state index in [1.807, 2.05) is 4.90 Å². The van der Waals surface area contributed by atoms with Gasteiger partial charge in [0.15, 0.2) is 11.5 Å². The summed E-state index contributed by atoms with van der Waals surface area (Å²) in [5, 5.41) is 11.5. The first-order chi connectivity index (χ1) is 15.1. The minimum atomic E-state index is -4.43. The molecule has 1 aliphatic heterocycles. The molecule has 2 aromatic carbocycles. The highest BCUT2D eigenvalue weighted by molar-refractivity contribution is 5.54. The Balaban J connectivity index is 1.73. The SMILES string of the molecule is COc1cc(CN2CCN(c3cccc(C(F)(F)F)c3)CC2)c([N+](=O)[O-])cc1OC(F)F. The van der Waals surface area contributed by atoms with Crippen molar-refractivity contribution in [2.24, 2.45) is 0 Å². The number of nitro benzene ring substituents is 1. The van der Waals surface area contributed by atoms with E-state index in [9.17, 15) is 32.1 Å². The monoisotopic (exact) mass is 461 g/mol. The fraction of sp³-hybridized carbons (Fsp3) is 0.400. The molecule has 0 atom stereocenters. The first-order valence-corrected chi connectivity index (χ1v) is 9.53. The Morgan fingerprint density at radius 2 is 1.78 bits per heavy atom. The smallest absolute Gasteiger partial charge is 0.416 e. The van der Waals surface area contributed by atoms with Gasteiger partial charge in [-0.05, 0) is 24.3 Å². The van der Waals surface area contributed by atoms with Gasteiger partial charge in [0, 0.05) is 44.0 Å². The molecule has 0 radical (unpaired) electrons. The van der Waals surface area contributed by atoms with Gasteiger partial charge >= 0.3 is 12.8 Å². The number of rotatable bonds is 7. The van der Waals surface area contributed by atoms with Gasteiger partial charge in [-0.3, -0.25) is 15.0 Å². The van der Waals surface area contributed by atoms with E-state index < -0.39 is 29.0 Å². The summed E-state index contributed by atoms with van der Waals surface area (Å²) >= 11 is 0. The predicted octanol–water partition coefficient (Wildman–Crippen LogP) is 4.55. The topological polar surface area (TPSA) is 68.1 Å². The van der Waals surface area contributed by atoms with Gasteiger partial charge in [0.2, 0.25) is 0 Å². The normalized spacial score (nSPS) is 15.2. The van der Waals surface area contributed by atoms with E-state index in [-0.39, 0.29) is 23.5 Å². The van der Waals surface area contributed by atoms with Crippen molar-refractivity contribution in [3.63, 3.8) is 0 Å². The molecule has 32 heavy (non-hydrogen) atoms. The number of anilines is 1. The average molecular weight is 461 g/mol. The van der Waals surface area contributed by atoms with Crippen LogP contribution >= 0.6 is 0 Å². The molecule has 0 unspecified atom stereocenters. The van der Waals surface area contributed by atoms with Crippen LogP contribution in [0.15, 0.2) is 36.4 Å². The summed E-state index contributed by atoms with van der Waals surface area (Å²) in [5.41, 5.74) is -0.422. The molecule has 0 saturated carbocycles. The van der Waals surface area contributed by atoms with Crippen molar-refractivity contribution in [2.45, 2.75) is 19.3 Å². The molecule has 1 heterocycles. The number of alkyl halides is 5. The molecule has 0 bridgehead atoms. The van der Waals surface area contributed by atoms with Crippen molar-refractivity contribution >= 4 is 11.4 Å². The zero-order valence-electron chi connectivity index (χ0n) is 16.9. The predicted molar refractivity (Wildman–Crippen MR) is 105 cm³/mol. The van der Waals surface area contributed by atoms with Crippen LogP contribution in [0.2, 0.25) is 0 Å². The van der Waals surface area contributed by atoms with Crippen molar-refractivity contribution < 1.29 is 36.3 Å². The maximum atomic E-state index is 13.0. The summed E-state index contributed by atoms with van der Waals surface area (Å²) in [4.78, 5) is 14.5. The van der Waals surface area contributed by atoms with E-state index in [2.05, 4.69) is 4.74 Å². The molecule has 12 heteroatoms. The third kappa shape index (κ3) is 5.55. The fourth-order valence-corrected chi connectivity index (χ4v) is 3.52. The van der Waals surface area contributed by atoms with Gasteiger partial charge in [-0.2, -0.15) is 22.0 Å². The molecule has 1 fully saturated rings. The first kappa shape index (κ1) is 23.5. The van der Waals surface area contributed by atoms with Crippen LogP contribution < -0.4 is 14.4 Å². The molecule has 0 amide bonds. The van der Waals surface area contributed by atoms with Crippen LogP contribution in [0.4, 0.5) is 33.3 Å². The lowest BCUT2D eigenvalue weighted by molar-refractivity contribution is -0.385. The second-order valence-corrected chi connectivity index (χ2v) is 7.08. The standard InChI is InChI=1S/C20H20F5N3O4/c1-31-17-9-13(16(28(29)30)11-18(17)32-19(21)22)12-26-5-7-27(8-6-26)15-4-2-3-14(10-15)20(23,24)25/h2-4,9-11,19H,5-8,12H2,1H3. The Kier molecular flexibility index (Phi) is 7.02. The number of halogens is 5. The molecule has 1 saturated heterocycles. The van der Waals surface area contributed by atoms with E-state index in [4.69, 9.17) is 4.74 Å². The number of hydrogen-bond acceptors (Lipinski definition) is 6. The minimum absolute atomic E-state index is 0.0616. The van der Waals surface area contributed by atoms with E-state index in [0.717, 1.165) is 18.2 Å². The van der Waals surface area contributed by atoms with Crippen LogP contribution in [-0.4, -0.2) is 49.7 Å². The number of piperazine rings is 1. The highest BCUT2D eigenvalue weighted by atomic mass is 19.4. The van der Waals surface area contributed by atoms with Crippen LogP contribution in [0.1, 0.15) is 11.1 Å². The summed E-state index contributed by atoms with van der Waals surface area (Å²) in [5.74, 6) is -0.499. The van der Waals surface area contributed by atoms with Crippen LogP contribution in [-0.2, 0) is 12.7 Å². The highest BCUT2D eigenvalue weighted by Crippen LogP contribution is 2.36. The van der Waals surface area contributed by atoms with E-state index in [0.29, 0.717) is 31.9 Å². The van der Waals surface area contributed by atoms with Crippen molar-refractivity contribution in [1.29, 1.82) is 0 Å². The molecule has 0 N–H and O–H groups in total. The Morgan fingerprint density at radius 3 is 2.34 bits per heavy atom. The van der Waals surface area contributed by atoms with Gasteiger partial charge in [0.1, 0.15) is 0 Å². The largest absolute Gasteiger partial charge is 0.493 e. The Hall–Kier alpha value is -3.15. The van der Waals surface area contributed by atoms with Crippen molar-refractivity contribution in [1.82, 2.24) is 4.90 Å². The van der Waals surface area contributed by atoms with Crippen molar-refractivity contribution in [3.8, 4) is 11.5 Å². The average Bonchev–Trinajstić information content (AvgIpc) is 2.74. The van der Waals surface area contributed by atoms with Crippen LogP contribution in [0.3, 0.4) is 0 Å². The molecular formula is C20H20F5N3O4. The molecule has 0 aliphatic carbocycles. The summed E-state index contributed by atoms with van der Waals surface area (Å²) in [6.45, 7) is -1.33. The number of methoxy groups -OCH3 is 1. The highest BCUT2D eigenvalue weighted by Gasteiger charge is 2.31. The van der Waals surface area contributed by atoms with Crippen LogP contribution in [0.25, 0.3) is 0 Å². The number of nitrogens with zero attached hydrogens (tertiary/aromatic N) is 3. The second-order valence-electron chi connectivity index (χ2n) is 7.08. The molecule has 3 rings (SSSR count). The van der Waals surface area contributed by atoms with Gasteiger partial charge in [0.05, 0.1) is 23.7 Å². The summed E-state index contributed by atoms with van der Waals surface area (Å²) in [6, 6.07) is 7.24. The number of nitro groups is 1. The summed E-state index contributed by atoms with van der Waals surface area (Å²) in [7, 11) is 1.23. The van der Waals surface area contributed by atoms with Gasteiger partial charge in [-0.15, -0.1) is 0 Å². The molecule has 7 nitrogen and oxygen atoms in total. The van der Waals surface area contributed by atoms with E-state index in [1.54, 1.807) is 11.0 Å². The number of benzene rings is 2. The lowest BCUT2D eigenvalue weighted by Crippen LogP contribution is -2.46. The zero-order chi connectivity index (χ0) is 23.5. The Bertz CT molecular complexity index is 963. The second kappa shape index (κ2) is 9.55. The molecular weight excluding hydrogens is 441 g/mol. The van der Waals surface area contributed by atoms with Crippen LogP contribution in [0, 0.1) is 10.1 Å². The third-order valence-electron chi connectivity index (χ3n) is 5.08. The van der Waals surface area contributed by atoms with E-state index in [1.165, 1.54) is 19.2 Å². The van der Waals surface area contributed by atoms with Gasteiger partial charge in [0.25, 0.3) is 5.69 Å².